The maximum absolute atomic E-state index is 13.3. The molecule has 1 saturated heterocycles. The molecule has 2 aromatic heterocycles. The van der Waals surface area contributed by atoms with Crippen molar-refractivity contribution < 1.29 is 47.0 Å². The molecule has 2 aromatic carbocycles. The molecule has 0 saturated carbocycles. The van der Waals surface area contributed by atoms with E-state index in [1.54, 1.807) is 36.4 Å². The second kappa shape index (κ2) is 13.4. The van der Waals surface area contributed by atoms with Crippen molar-refractivity contribution in [1.82, 2.24) is 25.9 Å². The molecule has 0 bridgehead atoms. The molecule has 46 heavy (non-hydrogen) atoms. The number of amides is 5. The Hall–Kier alpha value is -5.86. The topological polar surface area (TPSA) is 177 Å². The molecule has 1 fully saturated rings. The first-order valence-corrected chi connectivity index (χ1v) is 13.5. The van der Waals surface area contributed by atoms with E-state index in [0.717, 1.165) is 22.2 Å². The highest BCUT2D eigenvalue weighted by Crippen LogP contribution is 2.36. The summed E-state index contributed by atoms with van der Waals surface area (Å²) in [5, 5.41) is 15.2. The fourth-order valence-corrected chi connectivity index (χ4v) is 4.57. The number of rotatable bonds is 7. The van der Waals surface area contributed by atoms with Crippen LogP contribution in [0.15, 0.2) is 79.1 Å². The van der Waals surface area contributed by atoms with Gasteiger partial charge in [-0.2, -0.15) is 13.2 Å². The molecule has 5 amide bonds. The van der Waals surface area contributed by atoms with Gasteiger partial charge in [0.15, 0.2) is 0 Å². The largest absolute Gasteiger partial charge is 0.490 e. The van der Waals surface area contributed by atoms with Crippen LogP contribution >= 0.6 is 0 Å². The first-order chi connectivity index (χ1) is 21.7. The number of alkyl halides is 3. The fourth-order valence-electron chi connectivity index (χ4n) is 4.57. The number of barbiturate groups is 1. The molecule has 0 spiro atoms. The zero-order chi connectivity index (χ0) is 33.6. The summed E-state index contributed by atoms with van der Waals surface area (Å²) in [4.78, 5) is 68.0. The van der Waals surface area contributed by atoms with Crippen LogP contribution < -0.4 is 20.7 Å². The number of aryl methyl sites for hydroxylation is 1. The molecular weight excluding hydrogens is 611 g/mol. The van der Waals surface area contributed by atoms with Crippen molar-refractivity contribution in [2.45, 2.75) is 32.7 Å². The van der Waals surface area contributed by atoms with Gasteiger partial charge in [-0.25, -0.2) is 9.59 Å². The summed E-state index contributed by atoms with van der Waals surface area (Å²) >= 11 is 0. The number of ether oxygens (including phenoxy) is 1. The zero-order valence-corrected chi connectivity index (χ0v) is 24.2. The molecular formula is C31H26F3N5O7. The Bertz CT molecular complexity index is 1780. The van der Waals surface area contributed by atoms with E-state index in [1.165, 1.54) is 19.3 Å². The van der Waals surface area contributed by atoms with Crippen molar-refractivity contribution in [3.05, 3.63) is 102 Å². The Morgan fingerprint density at radius 3 is 2.15 bits per heavy atom. The van der Waals surface area contributed by atoms with Gasteiger partial charge in [0.25, 0.3) is 5.91 Å². The average Bonchev–Trinajstić information content (AvgIpc) is 3.01. The van der Waals surface area contributed by atoms with Crippen LogP contribution in [0.5, 0.6) is 5.75 Å². The summed E-state index contributed by atoms with van der Waals surface area (Å²) in [7, 11) is 0. The number of nitrogens with zero attached hydrogens (tertiary/aromatic N) is 2. The summed E-state index contributed by atoms with van der Waals surface area (Å²) in [5.41, 5.74) is 1.75. The highest BCUT2D eigenvalue weighted by Gasteiger charge is 2.53. The molecule has 1 aliphatic rings. The predicted octanol–water partition coefficient (Wildman–Crippen LogP) is 3.99. The van der Waals surface area contributed by atoms with Crippen molar-refractivity contribution in [3.63, 3.8) is 0 Å². The van der Waals surface area contributed by atoms with Crippen LogP contribution in [0.2, 0.25) is 0 Å². The number of pyridine rings is 2. The first-order valence-electron chi connectivity index (χ1n) is 13.5. The van der Waals surface area contributed by atoms with Gasteiger partial charge in [0.2, 0.25) is 11.8 Å². The van der Waals surface area contributed by atoms with Gasteiger partial charge in [-0.1, -0.05) is 18.2 Å². The minimum absolute atomic E-state index is 0.294. The molecule has 0 radical (unpaired) electrons. The van der Waals surface area contributed by atoms with Crippen LogP contribution in [0.1, 0.15) is 40.1 Å². The van der Waals surface area contributed by atoms with E-state index >= 15 is 0 Å². The fraction of sp³-hybridized carbons (Fsp3) is 0.194. The van der Waals surface area contributed by atoms with Gasteiger partial charge in [0.05, 0.1) is 11.6 Å². The number of hydrogen-bond acceptors (Lipinski definition) is 8. The van der Waals surface area contributed by atoms with Crippen molar-refractivity contribution in [2.24, 2.45) is 5.41 Å². The van der Waals surface area contributed by atoms with E-state index < -0.39 is 47.4 Å². The molecule has 0 aliphatic carbocycles. The summed E-state index contributed by atoms with van der Waals surface area (Å²) in [6.45, 7) is 3.62. The number of carboxylic acids is 1. The first kappa shape index (κ1) is 33.0. The Morgan fingerprint density at radius 2 is 1.57 bits per heavy atom. The Kier molecular flexibility index (Phi) is 9.64. The lowest BCUT2D eigenvalue weighted by atomic mass is 9.76. The lowest BCUT2D eigenvalue weighted by Gasteiger charge is -2.37. The van der Waals surface area contributed by atoms with Gasteiger partial charge in [0, 0.05) is 34.6 Å². The third-order valence-electron chi connectivity index (χ3n) is 6.97. The quantitative estimate of drug-likeness (QED) is 0.218. The van der Waals surface area contributed by atoms with E-state index in [9.17, 15) is 32.3 Å². The molecule has 238 valence electrons. The molecule has 1 atom stereocenters. The summed E-state index contributed by atoms with van der Waals surface area (Å²) in [6.07, 6.45) is -2.11. The predicted molar refractivity (Wildman–Crippen MR) is 155 cm³/mol. The van der Waals surface area contributed by atoms with Gasteiger partial charge in [-0.3, -0.25) is 35.0 Å². The molecule has 15 heteroatoms. The van der Waals surface area contributed by atoms with Gasteiger partial charge >= 0.3 is 18.2 Å². The standard InChI is InChI=1S/C29H25N5O5.C2HF3O2/c1-17-15-20(22-5-3-4-6-23(22)31-17)16-39-21-9-7-19(8-10-21)25(35)32-24(18-11-13-30-14-12-18)29(2)26(36)33-28(38)34-27(29)37;3-2(4,5)1(6)7/h3-15,24H,16H2,1-2H3,(H,32,35)(H2,33,34,36,37,38);(H,6,7). The maximum Gasteiger partial charge on any atom is 0.490 e. The molecule has 1 unspecified atom stereocenters. The maximum atomic E-state index is 13.3. The van der Waals surface area contributed by atoms with Crippen LogP contribution in [0.25, 0.3) is 10.9 Å². The number of aromatic nitrogens is 2. The second-order valence-corrected chi connectivity index (χ2v) is 10.2. The van der Waals surface area contributed by atoms with Crippen LogP contribution in [-0.2, 0) is 21.0 Å². The smallest absolute Gasteiger partial charge is 0.489 e. The van der Waals surface area contributed by atoms with E-state index in [-0.39, 0.29) is 0 Å². The number of aliphatic carboxylic acids is 1. The SMILES string of the molecule is Cc1cc(COc2ccc(C(=O)NC(c3ccncc3)C3(C)C(=O)NC(=O)NC3=O)cc2)c2ccccc2n1.O=C(O)C(F)(F)F. The average molecular weight is 638 g/mol. The van der Waals surface area contributed by atoms with Crippen LogP contribution in [-0.4, -0.2) is 51.0 Å². The number of para-hydroxylation sites is 1. The second-order valence-electron chi connectivity index (χ2n) is 10.2. The number of carbonyl (C=O) groups excluding carboxylic acids is 4. The number of halogens is 3. The highest BCUT2D eigenvalue weighted by molar-refractivity contribution is 6.19. The van der Waals surface area contributed by atoms with Crippen LogP contribution in [0, 0.1) is 12.3 Å². The number of benzene rings is 2. The summed E-state index contributed by atoms with van der Waals surface area (Å²) < 4.78 is 37.7. The molecule has 3 heterocycles. The van der Waals surface area contributed by atoms with Crippen LogP contribution in [0.3, 0.4) is 0 Å². The third kappa shape index (κ3) is 7.43. The van der Waals surface area contributed by atoms with E-state index in [1.807, 2.05) is 37.3 Å². The van der Waals surface area contributed by atoms with Crippen LogP contribution in [0.4, 0.5) is 18.0 Å². The normalized spacial score (nSPS) is 14.7. The number of carbonyl (C=O) groups is 5. The van der Waals surface area contributed by atoms with Crippen molar-refractivity contribution in [3.8, 4) is 5.75 Å². The molecule has 5 rings (SSSR count). The third-order valence-corrected chi connectivity index (χ3v) is 6.97. The highest BCUT2D eigenvalue weighted by atomic mass is 19.4. The molecule has 4 aromatic rings. The van der Waals surface area contributed by atoms with Gasteiger partial charge in [-0.15, -0.1) is 0 Å². The number of hydrogen-bond donors (Lipinski definition) is 4. The Labute approximate surface area is 259 Å². The number of urea groups is 1. The zero-order valence-electron chi connectivity index (χ0n) is 24.2. The van der Waals surface area contributed by atoms with Gasteiger partial charge in [-0.05, 0) is 67.9 Å². The number of fused-ring (bicyclic) bond motifs is 1. The molecule has 12 nitrogen and oxygen atoms in total. The van der Waals surface area contributed by atoms with Crippen molar-refractivity contribution in [1.29, 1.82) is 0 Å². The van der Waals surface area contributed by atoms with E-state index in [0.29, 0.717) is 23.5 Å². The number of carboxylic acid groups (broad SMARTS) is 1. The molecule has 1 aliphatic heterocycles. The van der Waals surface area contributed by atoms with Crippen molar-refractivity contribution >= 4 is 40.6 Å². The molecule has 4 N–H and O–H groups in total. The minimum atomic E-state index is -5.08. The summed E-state index contributed by atoms with van der Waals surface area (Å²) in [6, 6.07) is 17.6. The van der Waals surface area contributed by atoms with Crippen molar-refractivity contribution in [2.75, 3.05) is 0 Å². The lowest BCUT2D eigenvalue weighted by molar-refractivity contribution is -0.192. The number of imide groups is 2. The minimum Gasteiger partial charge on any atom is -0.489 e. The Balaban J connectivity index is 0.000000617. The van der Waals surface area contributed by atoms with Gasteiger partial charge in [0.1, 0.15) is 17.8 Å². The van der Waals surface area contributed by atoms with E-state index in [2.05, 4.69) is 25.9 Å². The Morgan fingerprint density at radius 1 is 0.978 bits per heavy atom. The van der Waals surface area contributed by atoms with Gasteiger partial charge < -0.3 is 15.2 Å². The number of nitrogens with one attached hydrogen (secondary N) is 3. The lowest BCUT2D eigenvalue weighted by Crippen LogP contribution is -2.65. The van der Waals surface area contributed by atoms with E-state index in [4.69, 9.17) is 14.6 Å². The monoisotopic (exact) mass is 637 g/mol. The summed E-state index contributed by atoms with van der Waals surface area (Å²) in [5.74, 6) is -4.35.